The third kappa shape index (κ3) is 5.54. The van der Waals surface area contributed by atoms with Gasteiger partial charge in [-0.2, -0.15) is 0 Å². The second-order valence-corrected chi connectivity index (χ2v) is 6.98. The normalized spacial score (nSPS) is 10.2. The predicted molar refractivity (Wildman–Crippen MR) is 110 cm³/mol. The molecule has 0 saturated carbocycles. The second-order valence-electron chi connectivity index (χ2n) is 5.72. The van der Waals surface area contributed by atoms with Crippen LogP contribution in [0.1, 0.15) is 34.8 Å². The molecule has 0 radical (unpaired) electrons. The number of carbonyl (C=O) groups is 1. The standard InChI is InChI=1S/C19H21BrN2O2S/c1-4-9-24-17-8-7-14(11-15(17)20)18(23)22-19(25)21-16-10-12(2)5-6-13(16)3/h5-8,10-11H,4,9H2,1-3H3,(H2,21,22,23,25). The van der Waals surface area contributed by atoms with Crippen molar-refractivity contribution in [3.63, 3.8) is 0 Å². The van der Waals surface area contributed by atoms with Crippen LogP contribution in [-0.4, -0.2) is 17.6 Å². The number of benzene rings is 2. The molecular weight excluding hydrogens is 400 g/mol. The van der Waals surface area contributed by atoms with Gasteiger partial charge in [-0.3, -0.25) is 10.1 Å². The van der Waals surface area contributed by atoms with E-state index >= 15 is 0 Å². The van der Waals surface area contributed by atoms with Crippen LogP contribution in [0.3, 0.4) is 0 Å². The monoisotopic (exact) mass is 420 g/mol. The lowest BCUT2D eigenvalue weighted by Crippen LogP contribution is -2.34. The van der Waals surface area contributed by atoms with Crippen molar-refractivity contribution in [1.29, 1.82) is 0 Å². The topological polar surface area (TPSA) is 50.4 Å². The van der Waals surface area contributed by atoms with Crippen molar-refractivity contribution in [3.05, 3.63) is 57.6 Å². The number of amides is 1. The molecular formula is C19H21BrN2O2S. The van der Waals surface area contributed by atoms with E-state index in [9.17, 15) is 4.79 Å². The van der Waals surface area contributed by atoms with Crippen LogP contribution in [0.15, 0.2) is 40.9 Å². The third-order valence-corrected chi connectivity index (χ3v) is 4.35. The van der Waals surface area contributed by atoms with Crippen LogP contribution in [0.25, 0.3) is 0 Å². The average Bonchev–Trinajstić information content (AvgIpc) is 2.57. The van der Waals surface area contributed by atoms with E-state index in [4.69, 9.17) is 17.0 Å². The molecule has 0 spiro atoms. The van der Waals surface area contributed by atoms with Crippen LogP contribution < -0.4 is 15.4 Å². The first-order chi connectivity index (χ1) is 11.9. The number of thiocarbonyl (C=S) groups is 1. The Hall–Kier alpha value is -1.92. The molecule has 2 rings (SSSR count). The molecule has 2 N–H and O–H groups in total. The van der Waals surface area contributed by atoms with Crippen LogP contribution in [-0.2, 0) is 0 Å². The largest absolute Gasteiger partial charge is 0.492 e. The van der Waals surface area contributed by atoms with Gasteiger partial charge in [0.25, 0.3) is 5.91 Å². The molecule has 2 aromatic carbocycles. The highest BCUT2D eigenvalue weighted by Gasteiger charge is 2.11. The van der Waals surface area contributed by atoms with Crippen LogP contribution in [0.5, 0.6) is 5.75 Å². The molecule has 0 unspecified atom stereocenters. The Kier molecular flexibility index (Phi) is 6.96. The summed E-state index contributed by atoms with van der Waals surface area (Å²) in [5.74, 6) is 0.444. The Morgan fingerprint density at radius 2 is 1.96 bits per heavy atom. The van der Waals surface area contributed by atoms with Crippen molar-refractivity contribution in [3.8, 4) is 5.75 Å². The SMILES string of the molecule is CCCOc1ccc(C(=O)NC(=S)Nc2cc(C)ccc2C)cc1Br. The molecule has 0 aliphatic heterocycles. The highest BCUT2D eigenvalue weighted by atomic mass is 79.9. The Balaban J connectivity index is 2.02. The molecule has 0 heterocycles. The van der Waals surface area contributed by atoms with E-state index in [-0.39, 0.29) is 11.0 Å². The summed E-state index contributed by atoms with van der Waals surface area (Å²) in [6, 6.07) is 11.2. The van der Waals surface area contributed by atoms with E-state index in [1.807, 2.05) is 39.0 Å². The van der Waals surface area contributed by atoms with Crippen molar-refractivity contribution in [2.45, 2.75) is 27.2 Å². The zero-order valence-electron chi connectivity index (χ0n) is 14.5. The second kappa shape index (κ2) is 8.97. The molecule has 1 amide bonds. The Morgan fingerprint density at radius 3 is 2.64 bits per heavy atom. The smallest absolute Gasteiger partial charge is 0.257 e. The highest BCUT2D eigenvalue weighted by Crippen LogP contribution is 2.26. The van der Waals surface area contributed by atoms with Gasteiger partial charge in [0.2, 0.25) is 0 Å². The van der Waals surface area contributed by atoms with Crippen molar-refractivity contribution in [1.82, 2.24) is 5.32 Å². The third-order valence-electron chi connectivity index (χ3n) is 3.52. The lowest BCUT2D eigenvalue weighted by Gasteiger charge is -2.13. The quantitative estimate of drug-likeness (QED) is 0.669. The van der Waals surface area contributed by atoms with Crippen LogP contribution in [0.2, 0.25) is 0 Å². The zero-order chi connectivity index (χ0) is 18.4. The molecule has 0 aliphatic rings. The van der Waals surface area contributed by atoms with E-state index < -0.39 is 0 Å². The number of nitrogens with one attached hydrogen (secondary N) is 2. The lowest BCUT2D eigenvalue weighted by atomic mass is 10.1. The summed E-state index contributed by atoms with van der Waals surface area (Å²) in [4.78, 5) is 12.4. The minimum Gasteiger partial charge on any atom is -0.492 e. The molecule has 0 aliphatic carbocycles. The summed E-state index contributed by atoms with van der Waals surface area (Å²) in [5.41, 5.74) is 3.56. The maximum Gasteiger partial charge on any atom is 0.257 e. The molecule has 4 nitrogen and oxygen atoms in total. The van der Waals surface area contributed by atoms with Gasteiger partial charge >= 0.3 is 0 Å². The summed E-state index contributed by atoms with van der Waals surface area (Å²) < 4.78 is 6.33. The average molecular weight is 421 g/mol. The van der Waals surface area contributed by atoms with Gasteiger partial charge in [-0.25, -0.2) is 0 Å². The molecule has 0 aromatic heterocycles. The maximum atomic E-state index is 12.4. The van der Waals surface area contributed by atoms with E-state index in [2.05, 4.69) is 26.6 Å². The summed E-state index contributed by atoms with van der Waals surface area (Å²) in [5, 5.41) is 6.03. The molecule has 2 aromatic rings. The number of carbonyl (C=O) groups excluding carboxylic acids is 1. The predicted octanol–water partition coefficient (Wildman–Crippen LogP) is 4.98. The Morgan fingerprint density at radius 1 is 1.20 bits per heavy atom. The number of anilines is 1. The van der Waals surface area contributed by atoms with Crippen LogP contribution in [0, 0.1) is 13.8 Å². The first-order valence-electron chi connectivity index (χ1n) is 8.02. The van der Waals surface area contributed by atoms with E-state index in [0.717, 1.165) is 33.5 Å². The first kappa shape index (κ1) is 19.4. The van der Waals surface area contributed by atoms with Crippen molar-refractivity contribution in [2.75, 3.05) is 11.9 Å². The van der Waals surface area contributed by atoms with Gasteiger partial charge in [-0.05, 0) is 83.8 Å². The number of hydrogen-bond acceptors (Lipinski definition) is 3. The zero-order valence-corrected chi connectivity index (χ0v) is 16.9. The van der Waals surface area contributed by atoms with E-state index in [0.29, 0.717) is 12.2 Å². The molecule has 6 heteroatoms. The number of ether oxygens (including phenoxy) is 1. The van der Waals surface area contributed by atoms with Crippen molar-refractivity contribution >= 4 is 44.9 Å². The number of halogens is 1. The fraction of sp³-hybridized carbons (Fsp3) is 0.263. The molecule has 132 valence electrons. The summed E-state index contributed by atoms with van der Waals surface area (Å²) >= 11 is 8.68. The fourth-order valence-corrected chi connectivity index (χ4v) is 2.87. The number of hydrogen-bond donors (Lipinski definition) is 2. The fourth-order valence-electron chi connectivity index (χ4n) is 2.17. The van der Waals surface area contributed by atoms with Gasteiger partial charge in [0.05, 0.1) is 11.1 Å². The Labute approximate surface area is 162 Å². The van der Waals surface area contributed by atoms with Gasteiger partial charge in [0, 0.05) is 11.3 Å². The van der Waals surface area contributed by atoms with Gasteiger partial charge in [0.15, 0.2) is 5.11 Å². The first-order valence-corrected chi connectivity index (χ1v) is 9.22. The highest BCUT2D eigenvalue weighted by molar-refractivity contribution is 9.10. The van der Waals surface area contributed by atoms with Crippen molar-refractivity contribution < 1.29 is 9.53 Å². The summed E-state index contributed by atoms with van der Waals surface area (Å²) in [6.07, 6.45) is 0.924. The van der Waals surface area contributed by atoms with Gasteiger partial charge < -0.3 is 10.1 Å². The molecule has 0 atom stereocenters. The minimum absolute atomic E-state index is 0.265. The Bertz CT molecular complexity index is 793. The molecule has 0 fully saturated rings. The van der Waals surface area contributed by atoms with E-state index in [1.54, 1.807) is 18.2 Å². The molecule has 0 bridgehead atoms. The number of rotatable bonds is 5. The van der Waals surface area contributed by atoms with Gasteiger partial charge in [-0.15, -0.1) is 0 Å². The van der Waals surface area contributed by atoms with Gasteiger partial charge in [-0.1, -0.05) is 19.1 Å². The molecule has 25 heavy (non-hydrogen) atoms. The minimum atomic E-state index is -0.273. The van der Waals surface area contributed by atoms with E-state index in [1.165, 1.54) is 0 Å². The van der Waals surface area contributed by atoms with Crippen LogP contribution >= 0.6 is 28.1 Å². The summed E-state index contributed by atoms with van der Waals surface area (Å²) in [6.45, 7) is 6.66. The maximum absolute atomic E-state index is 12.4. The number of aryl methyl sites for hydroxylation is 2. The summed E-state index contributed by atoms with van der Waals surface area (Å²) in [7, 11) is 0. The van der Waals surface area contributed by atoms with Crippen molar-refractivity contribution in [2.24, 2.45) is 0 Å². The molecule has 0 saturated heterocycles. The lowest BCUT2D eigenvalue weighted by molar-refractivity contribution is 0.0977. The van der Waals surface area contributed by atoms with Gasteiger partial charge in [0.1, 0.15) is 5.75 Å². The van der Waals surface area contributed by atoms with Crippen LogP contribution in [0.4, 0.5) is 5.69 Å².